The van der Waals surface area contributed by atoms with Crippen molar-refractivity contribution >= 4 is 28.2 Å². The first-order chi connectivity index (χ1) is 13.5. The van der Waals surface area contributed by atoms with E-state index in [2.05, 4.69) is 10.2 Å². The molecule has 1 aliphatic heterocycles. The summed E-state index contributed by atoms with van der Waals surface area (Å²) in [7, 11) is 0. The van der Waals surface area contributed by atoms with Crippen molar-refractivity contribution in [2.45, 2.75) is 26.3 Å². The van der Waals surface area contributed by atoms with Crippen LogP contribution in [0.1, 0.15) is 40.4 Å². The Labute approximate surface area is 164 Å². The highest BCUT2D eigenvalue weighted by Gasteiger charge is 2.46. The highest BCUT2D eigenvalue weighted by atomic mass is 32.1. The lowest BCUT2D eigenvalue weighted by molar-refractivity contribution is -0.117. The van der Waals surface area contributed by atoms with E-state index < -0.39 is 23.5 Å². The van der Waals surface area contributed by atoms with E-state index >= 15 is 0 Å². The number of rotatable bonds is 5. The van der Waals surface area contributed by atoms with Crippen LogP contribution in [-0.4, -0.2) is 27.0 Å². The van der Waals surface area contributed by atoms with Gasteiger partial charge >= 0.3 is 0 Å². The fourth-order valence-electron chi connectivity index (χ4n) is 3.25. The molecule has 1 aromatic carbocycles. The average molecular weight is 395 g/mol. The number of furan rings is 1. The Morgan fingerprint density at radius 3 is 2.57 bits per heavy atom. The number of ketones is 1. The lowest BCUT2D eigenvalue weighted by Gasteiger charge is -2.24. The summed E-state index contributed by atoms with van der Waals surface area (Å²) in [6.07, 6.45) is 0.864. The minimum Gasteiger partial charge on any atom is -0.503 e. The molecule has 1 atom stereocenters. The molecule has 4 rings (SSSR count). The van der Waals surface area contributed by atoms with Crippen LogP contribution in [0.25, 0.3) is 0 Å². The van der Waals surface area contributed by atoms with E-state index in [0.29, 0.717) is 16.5 Å². The van der Waals surface area contributed by atoms with Gasteiger partial charge in [0.05, 0.1) is 11.6 Å². The number of anilines is 1. The molecule has 0 saturated carbocycles. The van der Waals surface area contributed by atoms with Crippen LogP contribution in [0.4, 0.5) is 5.13 Å². The van der Waals surface area contributed by atoms with Crippen molar-refractivity contribution in [1.82, 2.24) is 10.2 Å². The molecule has 2 aromatic heterocycles. The number of aryl methyl sites for hydroxylation is 2. The predicted octanol–water partition coefficient (Wildman–Crippen LogP) is 3.78. The van der Waals surface area contributed by atoms with Gasteiger partial charge in [-0.1, -0.05) is 42.5 Å². The number of aliphatic hydroxyl groups excluding tert-OH is 1. The maximum atomic E-state index is 13.1. The zero-order valence-corrected chi connectivity index (χ0v) is 16.1. The number of aromatic nitrogens is 2. The van der Waals surface area contributed by atoms with Crippen LogP contribution in [0.5, 0.6) is 0 Å². The lowest BCUT2D eigenvalue weighted by atomic mass is 9.94. The third-order valence-electron chi connectivity index (χ3n) is 4.68. The zero-order chi connectivity index (χ0) is 19.8. The van der Waals surface area contributed by atoms with Crippen LogP contribution in [0.15, 0.2) is 57.7 Å². The summed E-state index contributed by atoms with van der Waals surface area (Å²) in [6, 6.07) is 9.96. The summed E-state index contributed by atoms with van der Waals surface area (Å²) in [6.45, 7) is 3.76. The van der Waals surface area contributed by atoms with Gasteiger partial charge in [-0.05, 0) is 36.6 Å². The maximum Gasteiger partial charge on any atom is 0.296 e. The first-order valence-electron chi connectivity index (χ1n) is 8.74. The Kier molecular flexibility index (Phi) is 4.56. The molecule has 7 nitrogen and oxygen atoms in total. The molecule has 1 unspecified atom stereocenters. The van der Waals surface area contributed by atoms with Crippen molar-refractivity contribution in [3.05, 3.63) is 75.9 Å². The average Bonchev–Trinajstić information content (AvgIpc) is 3.43. The number of aliphatic hydroxyl groups is 1. The van der Waals surface area contributed by atoms with E-state index in [1.54, 1.807) is 13.0 Å². The standard InChI is InChI=1S/C20H17N3O4S/c1-3-12-5-7-13(8-6-12)16-15(17(24)14-9-4-11(2)27-14)18(25)19(26)23(16)20-22-21-10-28-20/h4-10,16,25H,3H2,1-2H3. The fraction of sp³-hybridized carbons (Fsp3) is 0.200. The van der Waals surface area contributed by atoms with Crippen molar-refractivity contribution in [2.24, 2.45) is 0 Å². The number of Topliss-reactive ketones (excluding diaryl/α,β-unsaturated/α-hetero) is 1. The van der Waals surface area contributed by atoms with Crippen LogP contribution in [0.2, 0.25) is 0 Å². The van der Waals surface area contributed by atoms with Crippen LogP contribution in [0.3, 0.4) is 0 Å². The van der Waals surface area contributed by atoms with E-state index in [-0.39, 0.29) is 11.3 Å². The molecule has 142 valence electrons. The topological polar surface area (TPSA) is 96.5 Å². The SMILES string of the molecule is CCc1ccc(C2C(C(=O)c3ccc(C)o3)=C(O)C(=O)N2c2nncs2)cc1. The summed E-state index contributed by atoms with van der Waals surface area (Å²) in [5.41, 5.74) is 3.28. The van der Waals surface area contributed by atoms with E-state index in [0.717, 1.165) is 23.3 Å². The quantitative estimate of drug-likeness (QED) is 0.661. The Bertz CT molecular complexity index is 1070. The second-order valence-corrected chi connectivity index (χ2v) is 7.21. The third-order valence-corrected chi connectivity index (χ3v) is 5.36. The number of hydrogen-bond donors (Lipinski definition) is 1. The molecule has 3 heterocycles. The summed E-state index contributed by atoms with van der Waals surface area (Å²) in [4.78, 5) is 27.3. The van der Waals surface area contributed by atoms with Crippen molar-refractivity contribution in [1.29, 1.82) is 0 Å². The van der Waals surface area contributed by atoms with Crippen molar-refractivity contribution in [3.8, 4) is 0 Å². The molecule has 28 heavy (non-hydrogen) atoms. The van der Waals surface area contributed by atoms with Gasteiger partial charge in [-0.2, -0.15) is 0 Å². The maximum absolute atomic E-state index is 13.1. The molecule has 3 aromatic rings. The molecule has 0 fully saturated rings. The van der Waals surface area contributed by atoms with Crippen LogP contribution in [-0.2, 0) is 11.2 Å². The molecular weight excluding hydrogens is 378 g/mol. The van der Waals surface area contributed by atoms with E-state index in [1.165, 1.54) is 16.5 Å². The molecule has 0 bridgehead atoms. The van der Waals surface area contributed by atoms with Gasteiger partial charge < -0.3 is 9.52 Å². The Morgan fingerprint density at radius 1 is 1.25 bits per heavy atom. The highest BCUT2D eigenvalue weighted by Crippen LogP contribution is 2.42. The third kappa shape index (κ3) is 2.91. The van der Waals surface area contributed by atoms with Gasteiger partial charge in [0.15, 0.2) is 11.5 Å². The smallest absolute Gasteiger partial charge is 0.296 e. The normalized spacial score (nSPS) is 16.9. The van der Waals surface area contributed by atoms with Crippen LogP contribution < -0.4 is 4.90 Å². The van der Waals surface area contributed by atoms with Gasteiger partial charge in [0.25, 0.3) is 5.91 Å². The largest absolute Gasteiger partial charge is 0.503 e. The number of hydrogen-bond acceptors (Lipinski definition) is 7. The first-order valence-corrected chi connectivity index (χ1v) is 9.62. The minimum atomic E-state index is -0.815. The second-order valence-electron chi connectivity index (χ2n) is 6.40. The Balaban J connectivity index is 1.85. The summed E-state index contributed by atoms with van der Waals surface area (Å²) >= 11 is 1.16. The molecule has 1 aliphatic rings. The van der Waals surface area contributed by atoms with Gasteiger partial charge in [-0.25, -0.2) is 0 Å². The first kappa shape index (κ1) is 18.1. The van der Waals surface area contributed by atoms with Crippen LogP contribution in [0, 0.1) is 6.92 Å². The van der Waals surface area contributed by atoms with Gasteiger partial charge in [0, 0.05) is 0 Å². The molecule has 0 aliphatic carbocycles. The van der Waals surface area contributed by atoms with Gasteiger partial charge in [0.1, 0.15) is 11.3 Å². The van der Waals surface area contributed by atoms with Crippen molar-refractivity contribution in [2.75, 3.05) is 4.90 Å². The number of carbonyl (C=O) groups is 2. The van der Waals surface area contributed by atoms with Gasteiger partial charge in [-0.15, -0.1) is 10.2 Å². The molecule has 0 spiro atoms. The highest BCUT2D eigenvalue weighted by molar-refractivity contribution is 7.13. The van der Waals surface area contributed by atoms with E-state index in [1.807, 2.05) is 31.2 Å². The molecular formula is C20H17N3O4S. The number of nitrogens with zero attached hydrogens (tertiary/aromatic N) is 3. The lowest BCUT2D eigenvalue weighted by Crippen LogP contribution is -2.31. The zero-order valence-electron chi connectivity index (χ0n) is 15.2. The summed E-state index contributed by atoms with van der Waals surface area (Å²) < 4.78 is 5.44. The Hall–Kier alpha value is -3.26. The van der Waals surface area contributed by atoms with Crippen molar-refractivity contribution in [3.63, 3.8) is 0 Å². The van der Waals surface area contributed by atoms with Crippen molar-refractivity contribution < 1.29 is 19.1 Å². The molecule has 1 amide bonds. The van der Waals surface area contributed by atoms with E-state index in [4.69, 9.17) is 4.42 Å². The molecule has 0 saturated heterocycles. The number of benzene rings is 1. The monoisotopic (exact) mass is 395 g/mol. The summed E-state index contributed by atoms with van der Waals surface area (Å²) in [5, 5.41) is 18.6. The van der Waals surface area contributed by atoms with Gasteiger partial charge in [-0.3, -0.25) is 14.5 Å². The molecule has 8 heteroatoms. The molecule has 0 radical (unpaired) electrons. The van der Waals surface area contributed by atoms with Gasteiger partial charge in [0.2, 0.25) is 10.9 Å². The predicted molar refractivity (Wildman–Crippen MR) is 103 cm³/mol. The molecule has 1 N–H and O–H groups in total. The second kappa shape index (κ2) is 7.05. The number of amides is 1. The number of carbonyl (C=O) groups excluding carboxylic acids is 2. The van der Waals surface area contributed by atoms with Crippen LogP contribution >= 0.6 is 11.3 Å². The Morgan fingerprint density at radius 2 is 2.00 bits per heavy atom. The summed E-state index contributed by atoms with van der Waals surface area (Å²) in [5.74, 6) is -1.18. The van der Waals surface area contributed by atoms with E-state index in [9.17, 15) is 14.7 Å². The fourth-order valence-corrected chi connectivity index (χ4v) is 3.83. The minimum absolute atomic E-state index is 0.0289.